The highest BCUT2D eigenvalue weighted by Crippen LogP contribution is 2.11. The highest BCUT2D eigenvalue weighted by atomic mass is 15.1. The van der Waals surface area contributed by atoms with Crippen molar-refractivity contribution in [3.05, 3.63) is 0 Å². The number of hydrogen-bond donors (Lipinski definition) is 1. The molecule has 0 aromatic rings. The first-order valence-corrected chi connectivity index (χ1v) is 6.88. The topological polar surface area (TPSA) is 39.1 Å². The molecular weight excluding hydrogens is 210 g/mol. The van der Waals surface area contributed by atoms with Gasteiger partial charge >= 0.3 is 0 Å². The molecule has 3 heteroatoms. The average molecular weight is 239 g/mol. The van der Waals surface area contributed by atoms with Crippen molar-refractivity contribution in [3.8, 4) is 6.07 Å². The fraction of sp³-hybridized carbons (Fsp3) is 0.929. The van der Waals surface area contributed by atoms with E-state index in [1.165, 1.54) is 12.8 Å². The lowest BCUT2D eigenvalue weighted by Crippen LogP contribution is -2.47. The third-order valence-electron chi connectivity index (χ3n) is 2.86. The molecule has 0 aromatic carbocycles. The van der Waals surface area contributed by atoms with Crippen molar-refractivity contribution >= 4 is 0 Å². The number of nitrogens with zero attached hydrogens (tertiary/aromatic N) is 2. The summed E-state index contributed by atoms with van der Waals surface area (Å²) in [5.41, 5.74) is -0.395. The zero-order valence-electron chi connectivity index (χ0n) is 12.2. The molecule has 1 unspecified atom stereocenters. The summed E-state index contributed by atoms with van der Waals surface area (Å²) in [5.74, 6) is 0. The molecule has 0 bridgehead atoms. The van der Waals surface area contributed by atoms with Crippen molar-refractivity contribution in [3.63, 3.8) is 0 Å². The van der Waals surface area contributed by atoms with E-state index in [0.717, 1.165) is 26.1 Å². The highest BCUT2D eigenvalue weighted by Gasteiger charge is 2.24. The van der Waals surface area contributed by atoms with Gasteiger partial charge in [-0.1, -0.05) is 13.8 Å². The first kappa shape index (κ1) is 16.4. The predicted molar refractivity (Wildman–Crippen MR) is 73.9 cm³/mol. The van der Waals surface area contributed by atoms with Gasteiger partial charge in [0.25, 0.3) is 0 Å². The van der Waals surface area contributed by atoms with Crippen molar-refractivity contribution in [2.45, 2.75) is 65.5 Å². The van der Waals surface area contributed by atoms with E-state index in [1.807, 2.05) is 6.92 Å². The van der Waals surface area contributed by atoms with Crippen LogP contribution in [-0.4, -0.2) is 36.1 Å². The van der Waals surface area contributed by atoms with Crippen molar-refractivity contribution in [2.24, 2.45) is 0 Å². The molecule has 0 aliphatic carbocycles. The van der Waals surface area contributed by atoms with Gasteiger partial charge in [-0.3, -0.25) is 5.32 Å². The van der Waals surface area contributed by atoms with E-state index < -0.39 is 5.54 Å². The summed E-state index contributed by atoms with van der Waals surface area (Å²) in [6, 6.07) is 2.76. The molecule has 17 heavy (non-hydrogen) atoms. The lowest BCUT2D eigenvalue weighted by molar-refractivity contribution is 0.241. The van der Waals surface area contributed by atoms with Crippen LogP contribution in [-0.2, 0) is 0 Å². The number of nitriles is 1. The van der Waals surface area contributed by atoms with E-state index in [0.29, 0.717) is 6.04 Å². The van der Waals surface area contributed by atoms with Gasteiger partial charge in [0.1, 0.15) is 5.54 Å². The zero-order valence-corrected chi connectivity index (χ0v) is 12.2. The minimum Gasteiger partial charge on any atom is -0.303 e. The summed E-state index contributed by atoms with van der Waals surface area (Å²) in [5, 5.41) is 12.6. The Labute approximate surface area is 107 Å². The second kappa shape index (κ2) is 8.49. The van der Waals surface area contributed by atoms with E-state index in [4.69, 9.17) is 0 Å². The lowest BCUT2D eigenvalue weighted by atomic mass is 9.98. The standard InChI is InChI=1S/C14H29N3/c1-6-9-17(10-7-2)11-8-14(5,12-15)16-13(3)4/h13,16H,6-11H2,1-5H3. The molecule has 0 aliphatic heterocycles. The maximum absolute atomic E-state index is 9.28. The molecule has 0 saturated carbocycles. The van der Waals surface area contributed by atoms with Gasteiger partial charge in [0.15, 0.2) is 0 Å². The zero-order chi connectivity index (χ0) is 13.3. The van der Waals surface area contributed by atoms with Gasteiger partial charge in [-0.25, -0.2) is 0 Å². The van der Waals surface area contributed by atoms with Gasteiger partial charge in [-0.2, -0.15) is 5.26 Å². The van der Waals surface area contributed by atoms with Gasteiger partial charge in [0.05, 0.1) is 6.07 Å². The molecule has 0 aromatic heterocycles. The molecule has 0 radical (unpaired) electrons. The molecule has 0 rings (SSSR count). The largest absolute Gasteiger partial charge is 0.303 e. The van der Waals surface area contributed by atoms with E-state index in [1.54, 1.807) is 0 Å². The van der Waals surface area contributed by atoms with Crippen LogP contribution in [0.5, 0.6) is 0 Å². The van der Waals surface area contributed by atoms with E-state index in [9.17, 15) is 5.26 Å². The third-order valence-corrected chi connectivity index (χ3v) is 2.86. The Kier molecular flexibility index (Phi) is 8.20. The maximum atomic E-state index is 9.28. The summed E-state index contributed by atoms with van der Waals surface area (Å²) in [7, 11) is 0. The van der Waals surface area contributed by atoms with Crippen molar-refractivity contribution < 1.29 is 0 Å². The van der Waals surface area contributed by atoms with Crippen LogP contribution in [0.2, 0.25) is 0 Å². The molecule has 0 aliphatic rings. The summed E-state index contributed by atoms with van der Waals surface area (Å²) in [6.45, 7) is 13.9. The number of rotatable bonds is 9. The quantitative estimate of drug-likeness (QED) is 0.672. The van der Waals surface area contributed by atoms with E-state index >= 15 is 0 Å². The van der Waals surface area contributed by atoms with Gasteiger partial charge in [-0.05, 0) is 53.1 Å². The van der Waals surface area contributed by atoms with Gasteiger partial charge < -0.3 is 4.90 Å². The minimum atomic E-state index is -0.395. The van der Waals surface area contributed by atoms with Gasteiger partial charge in [0.2, 0.25) is 0 Å². The van der Waals surface area contributed by atoms with Crippen LogP contribution in [0, 0.1) is 11.3 Å². The number of hydrogen-bond acceptors (Lipinski definition) is 3. The molecule has 1 N–H and O–H groups in total. The Morgan fingerprint density at radius 3 is 2.06 bits per heavy atom. The molecule has 0 saturated heterocycles. The van der Waals surface area contributed by atoms with Crippen molar-refractivity contribution in [1.29, 1.82) is 5.26 Å². The monoisotopic (exact) mass is 239 g/mol. The van der Waals surface area contributed by atoms with Crippen LogP contribution in [0.25, 0.3) is 0 Å². The fourth-order valence-electron chi connectivity index (χ4n) is 2.15. The van der Waals surface area contributed by atoms with E-state index in [2.05, 4.69) is 44.0 Å². The summed E-state index contributed by atoms with van der Waals surface area (Å²) >= 11 is 0. The summed E-state index contributed by atoms with van der Waals surface area (Å²) < 4.78 is 0. The predicted octanol–water partition coefficient (Wildman–Crippen LogP) is 2.78. The fourth-order valence-corrected chi connectivity index (χ4v) is 2.15. The molecule has 0 amide bonds. The SMILES string of the molecule is CCCN(CCC)CCC(C)(C#N)NC(C)C. The molecule has 1 atom stereocenters. The Balaban J connectivity index is 4.23. The van der Waals surface area contributed by atoms with Gasteiger partial charge in [0, 0.05) is 12.6 Å². The van der Waals surface area contributed by atoms with Crippen molar-refractivity contribution in [1.82, 2.24) is 10.2 Å². The first-order chi connectivity index (χ1) is 7.97. The van der Waals surface area contributed by atoms with E-state index in [-0.39, 0.29) is 0 Å². The molecule has 0 spiro atoms. The first-order valence-electron chi connectivity index (χ1n) is 6.88. The molecule has 3 nitrogen and oxygen atoms in total. The van der Waals surface area contributed by atoms with Crippen molar-refractivity contribution in [2.75, 3.05) is 19.6 Å². The molecule has 0 heterocycles. The van der Waals surface area contributed by atoms with Crippen LogP contribution in [0.3, 0.4) is 0 Å². The Bertz CT molecular complexity index is 226. The number of nitrogens with one attached hydrogen (secondary N) is 1. The normalized spacial score (nSPS) is 14.9. The average Bonchev–Trinajstić information content (AvgIpc) is 2.26. The van der Waals surface area contributed by atoms with Crippen LogP contribution >= 0.6 is 0 Å². The molecule has 100 valence electrons. The molecule has 0 fully saturated rings. The highest BCUT2D eigenvalue weighted by molar-refractivity contribution is 5.04. The van der Waals surface area contributed by atoms with Crippen LogP contribution in [0.15, 0.2) is 0 Å². The second-order valence-corrected chi connectivity index (χ2v) is 5.33. The summed E-state index contributed by atoms with van der Waals surface area (Å²) in [4.78, 5) is 2.46. The lowest BCUT2D eigenvalue weighted by Gasteiger charge is -2.29. The Morgan fingerprint density at radius 1 is 1.18 bits per heavy atom. The van der Waals surface area contributed by atoms with Crippen LogP contribution in [0.4, 0.5) is 0 Å². The smallest absolute Gasteiger partial charge is 0.105 e. The Morgan fingerprint density at radius 2 is 1.71 bits per heavy atom. The maximum Gasteiger partial charge on any atom is 0.105 e. The second-order valence-electron chi connectivity index (χ2n) is 5.33. The van der Waals surface area contributed by atoms with Gasteiger partial charge in [-0.15, -0.1) is 0 Å². The van der Waals surface area contributed by atoms with Crippen LogP contribution < -0.4 is 5.32 Å². The summed E-state index contributed by atoms with van der Waals surface area (Å²) in [6.07, 6.45) is 3.25. The Hall–Kier alpha value is -0.590. The third kappa shape index (κ3) is 7.36. The minimum absolute atomic E-state index is 0.352. The van der Waals surface area contributed by atoms with Crippen LogP contribution in [0.1, 0.15) is 53.9 Å². The molecular formula is C14H29N3.